The lowest BCUT2D eigenvalue weighted by Crippen LogP contribution is -2.26. The average molecular weight is 503 g/mol. The molecule has 0 amide bonds. The number of rotatable bonds is 7. The minimum absolute atomic E-state index is 0.0378. The number of nitrogens with one attached hydrogen (secondary N) is 1. The van der Waals surface area contributed by atoms with Crippen LogP contribution in [-0.4, -0.2) is 50.5 Å². The summed E-state index contributed by atoms with van der Waals surface area (Å²) >= 11 is 0. The third-order valence-electron chi connectivity index (χ3n) is 8.43. The number of aryl methyl sites for hydroxylation is 1. The van der Waals surface area contributed by atoms with Crippen molar-refractivity contribution in [3.63, 3.8) is 0 Å². The Bertz CT molecular complexity index is 1300. The van der Waals surface area contributed by atoms with Crippen LogP contribution in [0.1, 0.15) is 74.8 Å². The van der Waals surface area contributed by atoms with E-state index in [9.17, 15) is 5.11 Å². The molecule has 9 nitrogen and oxygen atoms in total. The summed E-state index contributed by atoms with van der Waals surface area (Å²) in [6, 6.07) is 8.01. The predicted molar refractivity (Wildman–Crippen MR) is 144 cm³/mol. The summed E-state index contributed by atoms with van der Waals surface area (Å²) in [6.45, 7) is 6.67. The molecule has 0 aromatic carbocycles. The van der Waals surface area contributed by atoms with Gasteiger partial charge in [0.2, 0.25) is 0 Å². The Hall–Kier alpha value is -3.04. The Balaban J connectivity index is 1.31. The fraction of sp³-hybridized carbons (Fsp3) is 0.571. The molecule has 0 bridgehead atoms. The van der Waals surface area contributed by atoms with Crippen molar-refractivity contribution in [3.05, 3.63) is 46.9 Å². The van der Waals surface area contributed by atoms with Crippen LogP contribution >= 0.6 is 0 Å². The van der Waals surface area contributed by atoms with E-state index in [0.29, 0.717) is 13.1 Å². The van der Waals surface area contributed by atoms with Crippen molar-refractivity contribution in [1.82, 2.24) is 30.0 Å². The molecule has 1 unspecified atom stereocenters. The SMILES string of the molecule is CNCc1nc(N(C)CC2CCCC2)cc2c1CN(c1cccc(-c3nnc4n3C(C)(C)CC4)n1)C2O. The van der Waals surface area contributed by atoms with E-state index in [4.69, 9.17) is 9.97 Å². The Kier molecular flexibility index (Phi) is 6.15. The molecule has 0 saturated heterocycles. The highest BCUT2D eigenvalue weighted by Crippen LogP contribution is 2.40. The summed E-state index contributed by atoms with van der Waals surface area (Å²) in [5, 5.41) is 23.7. The van der Waals surface area contributed by atoms with Crippen LogP contribution in [0.25, 0.3) is 11.5 Å². The van der Waals surface area contributed by atoms with Gasteiger partial charge >= 0.3 is 0 Å². The van der Waals surface area contributed by atoms with Crippen molar-refractivity contribution in [2.75, 3.05) is 30.4 Å². The molecule has 1 fully saturated rings. The largest absolute Gasteiger partial charge is 0.369 e. The molecule has 6 rings (SSSR count). The molecule has 37 heavy (non-hydrogen) atoms. The molecule has 0 radical (unpaired) electrons. The maximum absolute atomic E-state index is 11.5. The van der Waals surface area contributed by atoms with Crippen molar-refractivity contribution in [3.8, 4) is 11.5 Å². The number of fused-ring (bicyclic) bond motifs is 2. The zero-order chi connectivity index (χ0) is 25.7. The Labute approximate surface area is 218 Å². The highest BCUT2D eigenvalue weighted by atomic mass is 16.3. The van der Waals surface area contributed by atoms with E-state index in [1.165, 1.54) is 25.7 Å². The van der Waals surface area contributed by atoms with Gasteiger partial charge < -0.3 is 24.8 Å². The first-order chi connectivity index (χ1) is 17.9. The summed E-state index contributed by atoms with van der Waals surface area (Å²) in [7, 11) is 4.06. The van der Waals surface area contributed by atoms with Gasteiger partial charge in [-0.3, -0.25) is 0 Å². The molecule has 1 aliphatic carbocycles. The molecule has 3 aliphatic rings. The second-order valence-corrected chi connectivity index (χ2v) is 11.5. The lowest BCUT2D eigenvalue weighted by Gasteiger charge is -2.25. The van der Waals surface area contributed by atoms with Crippen LogP contribution in [0.3, 0.4) is 0 Å². The van der Waals surface area contributed by atoms with Gasteiger partial charge in [-0.1, -0.05) is 18.9 Å². The first-order valence-electron chi connectivity index (χ1n) is 13.6. The average Bonchev–Trinajstić information content (AvgIpc) is 3.66. The molecular formula is C28H38N8O. The minimum Gasteiger partial charge on any atom is -0.369 e. The van der Waals surface area contributed by atoms with E-state index in [1.54, 1.807) is 0 Å². The molecule has 196 valence electrons. The number of aromatic nitrogens is 5. The molecule has 1 atom stereocenters. The number of aliphatic hydroxyl groups is 1. The lowest BCUT2D eigenvalue weighted by atomic mass is 10.0. The van der Waals surface area contributed by atoms with Gasteiger partial charge in [-0.15, -0.1) is 10.2 Å². The molecular weight excluding hydrogens is 464 g/mol. The molecule has 5 heterocycles. The molecule has 3 aromatic rings. The number of pyridine rings is 2. The van der Waals surface area contributed by atoms with E-state index in [2.05, 4.69) is 51.9 Å². The second-order valence-electron chi connectivity index (χ2n) is 11.5. The number of hydrogen-bond acceptors (Lipinski definition) is 8. The first kappa shape index (κ1) is 24.3. The fourth-order valence-electron chi connectivity index (χ4n) is 6.38. The van der Waals surface area contributed by atoms with E-state index in [0.717, 1.165) is 71.1 Å². The van der Waals surface area contributed by atoms with E-state index in [1.807, 2.05) is 30.1 Å². The van der Waals surface area contributed by atoms with Crippen molar-refractivity contribution in [1.29, 1.82) is 0 Å². The molecule has 2 N–H and O–H groups in total. The maximum Gasteiger partial charge on any atom is 0.183 e. The second kappa shape index (κ2) is 9.36. The van der Waals surface area contributed by atoms with Crippen LogP contribution < -0.4 is 15.1 Å². The van der Waals surface area contributed by atoms with Gasteiger partial charge in [-0.05, 0) is 64.3 Å². The Morgan fingerprint density at radius 1 is 1.16 bits per heavy atom. The normalized spacial score (nSPS) is 20.5. The molecule has 2 aliphatic heterocycles. The Morgan fingerprint density at radius 3 is 2.76 bits per heavy atom. The van der Waals surface area contributed by atoms with Crippen molar-refractivity contribution < 1.29 is 5.11 Å². The highest BCUT2D eigenvalue weighted by molar-refractivity contribution is 5.59. The van der Waals surface area contributed by atoms with Crippen LogP contribution in [0.4, 0.5) is 11.6 Å². The van der Waals surface area contributed by atoms with E-state index in [-0.39, 0.29) is 5.54 Å². The quantitative estimate of drug-likeness (QED) is 0.504. The maximum atomic E-state index is 11.5. The highest BCUT2D eigenvalue weighted by Gasteiger charge is 2.36. The van der Waals surface area contributed by atoms with Gasteiger partial charge in [0, 0.05) is 49.8 Å². The first-order valence-corrected chi connectivity index (χ1v) is 13.6. The van der Waals surface area contributed by atoms with Gasteiger partial charge in [0.1, 0.15) is 23.2 Å². The van der Waals surface area contributed by atoms with Gasteiger partial charge in [-0.2, -0.15) is 0 Å². The third-order valence-corrected chi connectivity index (χ3v) is 8.43. The van der Waals surface area contributed by atoms with Crippen LogP contribution in [0, 0.1) is 5.92 Å². The molecule has 0 spiro atoms. The molecule has 9 heteroatoms. The summed E-state index contributed by atoms with van der Waals surface area (Å²) in [5.41, 5.74) is 3.73. The van der Waals surface area contributed by atoms with Gasteiger partial charge in [-0.25, -0.2) is 9.97 Å². The topological polar surface area (TPSA) is 95.2 Å². The van der Waals surface area contributed by atoms with Gasteiger partial charge in [0.05, 0.1) is 5.69 Å². The number of hydrogen-bond donors (Lipinski definition) is 2. The lowest BCUT2D eigenvalue weighted by molar-refractivity contribution is 0.181. The Morgan fingerprint density at radius 2 is 1.97 bits per heavy atom. The van der Waals surface area contributed by atoms with E-state index >= 15 is 0 Å². The van der Waals surface area contributed by atoms with Gasteiger partial charge in [0.25, 0.3) is 0 Å². The van der Waals surface area contributed by atoms with Crippen molar-refractivity contribution in [2.24, 2.45) is 5.92 Å². The number of aliphatic hydroxyl groups excluding tert-OH is 1. The summed E-state index contributed by atoms with van der Waals surface area (Å²) in [5.74, 6) is 4.19. The fourth-order valence-corrected chi connectivity index (χ4v) is 6.38. The summed E-state index contributed by atoms with van der Waals surface area (Å²) in [4.78, 5) is 14.2. The molecule has 3 aromatic heterocycles. The third kappa shape index (κ3) is 4.28. The van der Waals surface area contributed by atoms with Gasteiger partial charge in [0.15, 0.2) is 12.1 Å². The zero-order valence-corrected chi connectivity index (χ0v) is 22.4. The smallest absolute Gasteiger partial charge is 0.183 e. The monoisotopic (exact) mass is 502 g/mol. The number of anilines is 2. The van der Waals surface area contributed by atoms with Crippen LogP contribution in [0.5, 0.6) is 0 Å². The zero-order valence-electron chi connectivity index (χ0n) is 22.4. The van der Waals surface area contributed by atoms with Crippen LogP contribution in [-0.2, 0) is 25.0 Å². The molecule has 1 saturated carbocycles. The van der Waals surface area contributed by atoms with Crippen LogP contribution in [0.15, 0.2) is 24.3 Å². The van der Waals surface area contributed by atoms with Crippen LogP contribution in [0.2, 0.25) is 0 Å². The van der Waals surface area contributed by atoms with Crippen molar-refractivity contribution >= 4 is 11.6 Å². The summed E-state index contributed by atoms with van der Waals surface area (Å²) in [6.07, 6.45) is 6.44. The minimum atomic E-state index is -0.782. The standard InChI is InChI=1S/C28H38N8O/c1-28(2)13-12-24-32-33-26(36(24)28)21-10-7-11-23(30-21)35-17-20-19(27(35)37)14-25(31-22(20)15-29-3)34(4)16-18-8-5-6-9-18/h7,10-11,14,18,27,29,37H,5-6,8-9,12-13,15-17H2,1-4H3. The van der Waals surface area contributed by atoms with E-state index < -0.39 is 6.23 Å². The van der Waals surface area contributed by atoms with Crippen molar-refractivity contribution in [2.45, 2.75) is 77.2 Å². The summed E-state index contributed by atoms with van der Waals surface area (Å²) < 4.78 is 2.22. The number of nitrogens with zero attached hydrogens (tertiary/aromatic N) is 7. The predicted octanol–water partition coefficient (Wildman–Crippen LogP) is 3.77.